The standard InChI is InChI=1S/C24H26N4O3/c1-27-14-12-25-24(27)23(18-7-4-3-5-8-18)26-22(29)17-31-21-10-6-9-20-19(21)11-13-28(20)15-16-30-2/h3-14,23H,15-17H2,1-2H3,(H,26,29)/t23-/m0/s1. The number of fused-ring (bicyclic) bond motifs is 1. The Kier molecular flexibility index (Phi) is 6.33. The van der Waals surface area contributed by atoms with Gasteiger partial charge >= 0.3 is 0 Å². The Hall–Kier alpha value is -3.58. The highest BCUT2D eigenvalue weighted by Crippen LogP contribution is 2.27. The molecule has 4 aromatic rings. The molecule has 7 nitrogen and oxygen atoms in total. The van der Waals surface area contributed by atoms with Crippen LogP contribution in [0.25, 0.3) is 10.9 Å². The molecular formula is C24H26N4O3. The Labute approximate surface area is 181 Å². The van der Waals surface area contributed by atoms with Crippen LogP contribution in [0.3, 0.4) is 0 Å². The lowest BCUT2D eigenvalue weighted by molar-refractivity contribution is -0.123. The minimum atomic E-state index is -0.358. The fourth-order valence-corrected chi connectivity index (χ4v) is 3.65. The number of amides is 1. The number of carbonyl (C=O) groups is 1. The highest BCUT2D eigenvalue weighted by Gasteiger charge is 2.21. The van der Waals surface area contributed by atoms with Crippen molar-refractivity contribution >= 4 is 16.8 Å². The summed E-state index contributed by atoms with van der Waals surface area (Å²) >= 11 is 0. The first-order valence-corrected chi connectivity index (χ1v) is 10.2. The molecule has 0 saturated carbocycles. The first-order valence-electron chi connectivity index (χ1n) is 10.2. The maximum absolute atomic E-state index is 12.8. The van der Waals surface area contributed by atoms with E-state index < -0.39 is 0 Å². The molecule has 1 amide bonds. The monoisotopic (exact) mass is 418 g/mol. The molecule has 0 fully saturated rings. The van der Waals surface area contributed by atoms with Crippen LogP contribution in [0.5, 0.6) is 5.75 Å². The number of nitrogens with one attached hydrogen (secondary N) is 1. The van der Waals surface area contributed by atoms with Crippen LogP contribution in [-0.4, -0.2) is 40.3 Å². The zero-order valence-corrected chi connectivity index (χ0v) is 17.7. The maximum Gasteiger partial charge on any atom is 0.258 e. The molecule has 2 heterocycles. The fourth-order valence-electron chi connectivity index (χ4n) is 3.65. The summed E-state index contributed by atoms with van der Waals surface area (Å²) in [5.74, 6) is 1.22. The van der Waals surface area contributed by atoms with Gasteiger partial charge in [0.1, 0.15) is 17.6 Å². The quantitative estimate of drug-likeness (QED) is 0.453. The van der Waals surface area contributed by atoms with Gasteiger partial charge in [-0.2, -0.15) is 0 Å². The Morgan fingerprint density at radius 2 is 1.94 bits per heavy atom. The van der Waals surface area contributed by atoms with E-state index in [1.165, 1.54) is 0 Å². The largest absolute Gasteiger partial charge is 0.483 e. The zero-order valence-electron chi connectivity index (χ0n) is 17.7. The van der Waals surface area contributed by atoms with E-state index >= 15 is 0 Å². The van der Waals surface area contributed by atoms with Crippen LogP contribution in [0, 0.1) is 0 Å². The Morgan fingerprint density at radius 3 is 2.68 bits per heavy atom. The van der Waals surface area contributed by atoms with Gasteiger partial charge in [-0.15, -0.1) is 0 Å². The first-order chi connectivity index (χ1) is 15.2. The average molecular weight is 418 g/mol. The predicted octanol–water partition coefficient (Wildman–Crippen LogP) is 3.31. The van der Waals surface area contributed by atoms with Gasteiger partial charge in [-0.25, -0.2) is 4.98 Å². The Morgan fingerprint density at radius 1 is 1.10 bits per heavy atom. The molecule has 4 rings (SSSR count). The van der Waals surface area contributed by atoms with E-state index in [2.05, 4.69) is 14.9 Å². The number of methoxy groups -OCH3 is 1. The summed E-state index contributed by atoms with van der Waals surface area (Å²) < 4.78 is 15.1. The number of ether oxygens (including phenoxy) is 2. The summed E-state index contributed by atoms with van der Waals surface area (Å²) in [7, 11) is 3.60. The van der Waals surface area contributed by atoms with Crippen molar-refractivity contribution in [3.63, 3.8) is 0 Å². The van der Waals surface area contributed by atoms with Gasteiger partial charge in [0.2, 0.25) is 0 Å². The topological polar surface area (TPSA) is 70.3 Å². The highest BCUT2D eigenvalue weighted by atomic mass is 16.5. The summed E-state index contributed by atoms with van der Waals surface area (Å²) in [6.45, 7) is 1.30. The summed E-state index contributed by atoms with van der Waals surface area (Å²) in [5, 5.41) is 4.03. The molecule has 2 aromatic heterocycles. The van der Waals surface area contributed by atoms with Crippen LogP contribution < -0.4 is 10.1 Å². The number of aryl methyl sites for hydroxylation is 1. The van der Waals surface area contributed by atoms with Gasteiger partial charge in [-0.1, -0.05) is 36.4 Å². The molecule has 0 unspecified atom stereocenters. The predicted molar refractivity (Wildman–Crippen MR) is 119 cm³/mol. The van der Waals surface area contributed by atoms with Crippen molar-refractivity contribution in [2.24, 2.45) is 7.05 Å². The van der Waals surface area contributed by atoms with Crippen molar-refractivity contribution in [3.05, 3.63) is 84.6 Å². The summed E-state index contributed by atoms with van der Waals surface area (Å²) in [5.41, 5.74) is 2.01. The van der Waals surface area contributed by atoms with E-state index in [1.807, 2.05) is 78.6 Å². The summed E-state index contributed by atoms with van der Waals surface area (Å²) in [6.07, 6.45) is 5.59. The second-order valence-electron chi connectivity index (χ2n) is 7.29. The van der Waals surface area contributed by atoms with Crippen LogP contribution in [0.15, 0.2) is 73.2 Å². The molecule has 0 saturated heterocycles. The first kappa shape index (κ1) is 20.7. The maximum atomic E-state index is 12.8. The molecule has 1 atom stereocenters. The van der Waals surface area contributed by atoms with E-state index in [-0.39, 0.29) is 18.6 Å². The summed E-state index contributed by atoms with van der Waals surface area (Å²) in [6, 6.07) is 17.3. The molecule has 0 aliphatic carbocycles. The molecule has 1 N–H and O–H groups in total. The third-order valence-corrected chi connectivity index (χ3v) is 5.22. The Bertz CT molecular complexity index is 1150. The van der Waals surface area contributed by atoms with Crippen LogP contribution in [0.2, 0.25) is 0 Å². The van der Waals surface area contributed by atoms with Gasteiger partial charge < -0.3 is 23.9 Å². The number of carbonyl (C=O) groups excluding carboxylic acids is 1. The van der Waals surface area contributed by atoms with Crippen molar-refractivity contribution in [1.29, 1.82) is 0 Å². The van der Waals surface area contributed by atoms with E-state index in [1.54, 1.807) is 13.3 Å². The van der Waals surface area contributed by atoms with Crippen molar-refractivity contribution in [2.45, 2.75) is 12.6 Å². The second kappa shape index (κ2) is 9.49. The molecule has 0 aliphatic rings. The zero-order chi connectivity index (χ0) is 21.6. The van der Waals surface area contributed by atoms with Crippen LogP contribution in [0.4, 0.5) is 0 Å². The molecule has 0 bridgehead atoms. The number of hydrogen-bond donors (Lipinski definition) is 1. The lowest BCUT2D eigenvalue weighted by atomic mass is 10.1. The van der Waals surface area contributed by atoms with Crippen molar-refractivity contribution in [3.8, 4) is 5.75 Å². The lowest BCUT2D eigenvalue weighted by Gasteiger charge is -2.19. The van der Waals surface area contributed by atoms with Crippen molar-refractivity contribution in [2.75, 3.05) is 20.3 Å². The van der Waals surface area contributed by atoms with Crippen LogP contribution >= 0.6 is 0 Å². The van der Waals surface area contributed by atoms with Crippen molar-refractivity contribution in [1.82, 2.24) is 19.4 Å². The molecular weight excluding hydrogens is 392 g/mol. The molecule has 7 heteroatoms. The van der Waals surface area contributed by atoms with Gasteiger partial charge in [0, 0.05) is 44.7 Å². The minimum absolute atomic E-state index is 0.0872. The number of imidazole rings is 1. The SMILES string of the molecule is COCCn1ccc2c(OCC(=O)N[C@@H](c3ccccc3)c3nccn3C)cccc21. The van der Waals surface area contributed by atoms with Crippen LogP contribution in [-0.2, 0) is 23.1 Å². The third-order valence-electron chi connectivity index (χ3n) is 5.22. The normalized spacial score (nSPS) is 12.1. The minimum Gasteiger partial charge on any atom is -0.483 e. The van der Waals surface area contributed by atoms with E-state index in [4.69, 9.17) is 9.47 Å². The van der Waals surface area contributed by atoms with Gasteiger partial charge in [0.15, 0.2) is 6.61 Å². The third kappa shape index (κ3) is 4.62. The fraction of sp³-hybridized carbons (Fsp3) is 0.250. The van der Waals surface area contributed by atoms with Gasteiger partial charge in [-0.3, -0.25) is 4.79 Å². The lowest BCUT2D eigenvalue weighted by Crippen LogP contribution is -2.34. The number of nitrogens with zero attached hydrogens (tertiary/aromatic N) is 3. The summed E-state index contributed by atoms with van der Waals surface area (Å²) in [4.78, 5) is 17.2. The highest BCUT2D eigenvalue weighted by molar-refractivity contribution is 5.87. The van der Waals surface area contributed by atoms with E-state index in [9.17, 15) is 4.79 Å². The molecule has 0 spiro atoms. The number of rotatable bonds is 9. The number of benzene rings is 2. The van der Waals surface area contributed by atoms with Crippen LogP contribution in [0.1, 0.15) is 17.4 Å². The van der Waals surface area contributed by atoms with E-state index in [0.29, 0.717) is 12.4 Å². The van der Waals surface area contributed by atoms with Crippen molar-refractivity contribution < 1.29 is 14.3 Å². The van der Waals surface area contributed by atoms with Gasteiger partial charge in [0.05, 0.1) is 12.1 Å². The molecule has 160 valence electrons. The number of aromatic nitrogens is 3. The average Bonchev–Trinajstić information content (AvgIpc) is 3.41. The molecule has 31 heavy (non-hydrogen) atoms. The smallest absolute Gasteiger partial charge is 0.258 e. The molecule has 0 radical (unpaired) electrons. The Balaban J connectivity index is 1.48. The van der Waals surface area contributed by atoms with Gasteiger partial charge in [0.25, 0.3) is 5.91 Å². The second-order valence-corrected chi connectivity index (χ2v) is 7.29. The van der Waals surface area contributed by atoms with E-state index in [0.717, 1.165) is 28.8 Å². The number of hydrogen-bond acceptors (Lipinski definition) is 4. The molecule has 0 aliphatic heterocycles. The van der Waals surface area contributed by atoms with Gasteiger partial charge in [-0.05, 0) is 23.8 Å². The molecule has 2 aromatic carbocycles.